The molecule has 0 fully saturated rings. The van der Waals surface area contributed by atoms with Gasteiger partial charge in [-0.25, -0.2) is 9.78 Å². The normalized spacial score (nSPS) is 11.2. The van der Waals surface area contributed by atoms with E-state index in [-0.39, 0.29) is 46.9 Å². The van der Waals surface area contributed by atoms with E-state index in [0.717, 1.165) is 4.57 Å². The molecule has 5 aromatic rings. The van der Waals surface area contributed by atoms with E-state index in [1.54, 1.807) is 41.9 Å². The summed E-state index contributed by atoms with van der Waals surface area (Å²) in [4.78, 5) is 43.1. The Morgan fingerprint density at radius 3 is 2.27 bits per heavy atom. The van der Waals surface area contributed by atoms with E-state index in [9.17, 15) is 14.4 Å². The van der Waals surface area contributed by atoms with Crippen molar-refractivity contribution in [3.05, 3.63) is 67.7 Å². The van der Waals surface area contributed by atoms with Gasteiger partial charge in [0.15, 0.2) is 22.8 Å². The lowest BCUT2D eigenvalue weighted by molar-refractivity contribution is 0.291. The first-order valence-corrected chi connectivity index (χ1v) is 12.4. The van der Waals surface area contributed by atoms with Gasteiger partial charge in [-0.15, -0.1) is 0 Å². The predicted octanol–water partition coefficient (Wildman–Crippen LogP) is 2.32. The maximum Gasteiger partial charge on any atom is 0.332 e. The molecule has 0 bridgehead atoms. The number of benzene rings is 2. The second kappa shape index (κ2) is 10.8. The topological polar surface area (TPSA) is 138 Å². The van der Waals surface area contributed by atoms with Crippen molar-refractivity contribution in [3.8, 4) is 40.1 Å². The smallest absolute Gasteiger partial charge is 0.332 e. The summed E-state index contributed by atoms with van der Waals surface area (Å²) < 4.78 is 37.9. The van der Waals surface area contributed by atoms with E-state index in [0.29, 0.717) is 28.5 Å². The van der Waals surface area contributed by atoms with Crippen LogP contribution in [0.15, 0.2) is 55.5 Å². The van der Waals surface area contributed by atoms with Crippen LogP contribution in [-0.4, -0.2) is 53.7 Å². The minimum atomic E-state index is -0.504. The van der Waals surface area contributed by atoms with E-state index in [1.165, 1.54) is 46.4 Å². The van der Waals surface area contributed by atoms with Crippen molar-refractivity contribution in [3.63, 3.8) is 0 Å². The Morgan fingerprint density at radius 2 is 1.59 bits per heavy atom. The van der Waals surface area contributed by atoms with Crippen molar-refractivity contribution in [2.24, 2.45) is 14.1 Å². The number of rotatable bonds is 9. The zero-order valence-corrected chi connectivity index (χ0v) is 23.3. The van der Waals surface area contributed by atoms with E-state index < -0.39 is 16.7 Å². The summed E-state index contributed by atoms with van der Waals surface area (Å²) in [5, 5.41) is 0.173. The number of aryl methyl sites for hydroxylation is 1. The summed E-state index contributed by atoms with van der Waals surface area (Å²) in [6.07, 6.45) is 1.45. The fourth-order valence-corrected chi connectivity index (χ4v) is 4.67. The molecule has 0 saturated carbocycles. The van der Waals surface area contributed by atoms with E-state index in [1.807, 2.05) is 0 Å². The maximum absolute atomic E-state index is 13.9. The molecule has 0 N–H and O–H groups in total. The third-order valence-corrected chi connectivity index (χ3v) is 6.78. The van der Waals surface area contributed by atoms with Gasteiger partial charge in [-0.1, -0.05) is 0 Å². The molecule has 0 radical (unpaired) electrons. The van der Waals surface area contributed by atoms with Gasteiger partial charge < -0.3 is 32.7 Å². The first-order valence-electron chi connectivity index (χ1n) is 12.4. The number of hydrogen-bond acceptors (Lipinski definition) is 10. The highest BCUT2D eigenvalue weighted by Crippen LogP contribution is 2.39. The molecule has 0 spiro atoms. The molecule has 0 amide bonds. The van der Waals surface area contributed by atoms with Crippen molar-refractivity contribution < 1.29 is 28.1 Å². The van der Waals surface area contributed by atoms with E-state index >= 15 is 0 Å². The molecule has 3 aromatic heterocycles. The zero-order valence-electron chi connectivity index (χ0n) is 23.3. The molecule has 0 aliphatic heterocycles. The van der Waals surface area contributed by atoms with Crippen LogP contribution in [-0.2, 0) is 20.6 Å². The van der Waals surface area contributed by atoms with Crippen LogP contribution in [0.1, 0.15) is 0 Å². The molecule has 5 rings (SSSR count). The number of methoxy groups -OCH3 is 4. The highest BCUT2D eigenvalue weighted by molar-refractivity contribution is 5.88. The van der Waals surface area contributed by atoms with Gasteiger partial charge in [-0.3, -0.25) is 18.7 Å². The fourth-order valence-electron chi connectivity index (χ4n) is 4.67. The molecule has 0 aliphatic carbocycles. The average Bonchev–Trinajstić information content (AvgIpc) is 3.42. The average molecular weight is 565 g/mol. The van der Waals surface area contributed by atoms with Gasteiger partial charge in [-0.05, 0) is 18.2 Å². The van der Waals surface area contributed by atoms with Gasteiger partial charge in [0.05, 0.1) is 41.3 Å². The van der Waals surface area contributed by atoms with Crippen LogP contribution in [0.4, 0.5) is 0 Å². The Labute approximate surface area is 232 Å². The second-order valence-corrected chi connectivity index (χ2v) is 9.03. The summed E-state index contributed by atoms with van der Waals surface area (Å²) in [6, 6.07) is 8.24. The number of imidazole rings is 1. The summed E-state index contributed by atoms with van der Waals surface area (Å²) >= 11 is 0. The van der Waals surface area contributed by atoms with E-state index in [4.69, 9.17) is 28.1 Å². The van der Waals surface area contributed by atoms with Crippen LogP contribution in [0.25, 0.3) is 33.5 Å². The first kappa shape index (κ1) is 27.4. The Kier molecular flexibility index (Phi) is 7.18. The summed E-state index contributed by atoms with van der Waals surface area (Å²) in [6.45, 7) is 0.142. The lowest BCUT2D eigenvalue weighted by Gasteiger charge is -2.15. The molecule has 214 valence electrons. The Bertz CT molecular complexity index is 1970. The lowest BCUT2D eigenvalue weighted by atomic mass is 10.1. The van der Waals surface area contributed by atoms with Crippen molar-refractivity contribution in [2.45, 2.75) is 6.54 Å². The van der Waals surface area contributed by atoms with Crippen LogP contribution in [0, 0.1) is 0 Å². The molecular formula is C28H28N4O9. The minimum Gasteiger partial charge on any atom is -0.496 e. The number of nitrogens with zero attached hydrogens (tertiary/aromatic N) is 4. The van der Waals surface area contributed by atoms with Crippen molar-refractivity contribution in [1.82, 2.24) is 18.7 Å². The van der Waals surface area contributed by atoms with Crippen LogP contribution in [0.5, 0.6) is 28.7 Å². The standard InChI is InChI=1S/C28H28N4O9/c1-30-26-22(27(34)31(2)28(30)35)29-14-32(26)9-10-40-25-23(33)21-19(39-6)12-16(36-3)13-20(21)41-24(25)15-7-8-17(37-4)18(11-15)38-5/h7-8,11-14H,9-10H2,1-6H3. The minimum absolute atomic E-state index is 0.0239. The molecule has 2 aromatic carbocycles. The molecule has 0 saturated heterocycles. The van der Waals surface area contributed by atoms with E-state index in [2.05, 4.69) is 4.98 Å². The zero-order chi connectivity index (χ0) is 29.4. The first-order chi connectivity index (χ1) is 19.7. The molecule has 0 unspecified atom stereocenters. The van der Waals surface area contributed by atoms with Gasteiger partial charge in [0.2, 0.25) is 11.2 Å². The maximum atomic E-state index is 13.9. The summed E-state index contributed by atoms with van der Waals surface area (Å²) in [5.41, 5.74) is -0.250. The quantitative estimate of drug-likeness (QED) is 0.262. The third-order valence-electron chi connectivity index (χ3n) is 6.78. The summed E-state index contributed by atoms with van der Waals surface area (Å²) in [7, 11) is 8.90. The monoisotopic (exact) mass is 564 g/mol. The number of fused-ring (bicyclic) bond motifs is 2. The van der Waals surface area contributed by atoms with Crippen LogP contribution in [0.2, 0.25) is 0 Å². The molecule has 13 nitrogen and oxygen atoms in total. The predicted molar refractivity (Wildman–Crippen MR) is 150 cm³/mol. The largest absolute Gasteiger partial charge is 0.496 e. The van der Waals surface area contributed by atoms with Gasteiger partial charge in [-0.2, -0.15) is 0 Å². The number of aromatic nitrogens is 4. The van der Waals surface area contributed by atoms with Crippen LogP contribution >= 0.6 is 0 Å². The highest BCUT2D eigenvalue weighted by atomic mass is 16.5. The van der Waals surface area contributed by atoms with Gasteiger partial charge >= 0.3 is 5.69 Å². The fraction of sp³-hybridized carbons (Fsp3) is 0.286. The van der Waals surface area contributed by atoms with Crippen LogP contribution < -0.4 is 40.4 Å². The molecule has 41 heavy (non-hydrogen) atoms. The Morgan fingerprint density at radius 1 is 0.854 bits per heavy atom. The Balaban J connectivity index is 1.63. The summed E-state index contributed by atoms with van der Waals surface area (Å²) in [5.74, 6) is 1.69. The molecule has 0 aliphatic rings. The molecule has 0 atom stereocenters. The van der Waals surface area contributed by atoms with Crippen LogP contribution in [0.3, 0.4) is 0 Å². The molecule has 3 heterocycles. The number of hydrogen-bond donors (Lipinski definition) is 0. The van der Waals surface area contributed by atoms with Gasteiger partial charge in [0.25, 0.3) is 5.56 Å². The third kappa shape index (κ3) is 4.54. The van der Waals surface area contributed by atoms with Crippen molar-refractivity contribution in [1.29, 1.82) is 0 Å². The second-order valence-electron chi connectivity index (χ2n) is 9.03. The highest BCUT2D eigenvalue weighted by Gasteiger charge is 2.23. The van der Waals surface area contributed by atoms with Crippen molar-refractivity contribution in [2.75, 3.05) is 35.0 Å². The van der Waals surface area contributed by atoms with Crippen molar-refractivity contribution >= 4 is 22.1 Å². The molecule has 13 heteroatoms. The number of ether oxygens (including phenoxy) is 5. The lowest BCUT2D eigenvalue weighted by Crippen LogP contribution is -2.37. The molecular weight excluding hydrogens is 536 g/mol. The SMILES string of the molecule is COc1cc(OC)c2c(=O)c(OCCn3cnc4c(=O)n(C)c(=O)n(C)c43)c(-c3ccc(OC)c(OC)c3)oc2c1. The van der Waals surface area contributed by atoms with Gasteiger partial charge in [0.1, 0.15) is 34.7 Å². The Hall–Kier alpha value is -5.20. The van der Waals surface area contributed by atoms with Gasteiger partial charge in [0, 0.05) is 31.8 Å².